The van der Waals surface area contributed by atoms with Crippen LogP contribution in [0.1, 0.15) is 26.3 Å². The number of amides is 1. The summed E-state index contributed by atoms with van der Waals surface area (Å²) in [4.78, 5) is 24.9. The van der Waals surface area contributed by atoms with Gasteiger partial charge in [0.05, 0.1) is 0 Å². The lowest BCUT2D eigenvalue weighted by Crippen LogP contribution is -2.14. The van der Waals surface area contributed by atoms with Gasteiger partial charge in [0.2, 0.25) is 0 Å². The third-order valence-electron chi connectivity index (χ3n) is 4.77. The first kappa shape index (κ1) is 19.2. The molecule has 0 radical (unpaired) electrons. The van der Waals surface area contributed by atoms with Gasteiger partial charge in [0.25, 0.3) is 5.91 Å². The molecule has 1 amide bonds. The van der Waals surface area contributed by atoms with Crippen LogP contribution < -0.4 is 5.32 Å². The van der Waals surface area contributed by atoms with E-state index in [1.54, 1.807) is 35.7 Å². The highest BCUT2D eigenvalue weighted by molar-refractivity contribution is 7.15. The third-order valence-corrected chi connectivity index (χ3v) is 5.92. The molecule has 4 aromatic rings. The minimum atomic E-state index is -1.10. The van der Waals surface area contributed by atoms with Gasteiger partial charge in [0.1, 0.15) is 10.6 Å². The number of thiophene rings is 1. The van der Waals surface area contributed by atoms with E-state index in [4.69, 9.17) is 11.6 Å². The Bertz CT molecular complexity index is 1240. The molecular weight excluding hydrogens is 406 g/mol. The van der Waals surface area contributed by atoms with E-state index in [2.05, 4.69) is 5.32 Å². The Balaban J connectivity index is 1.74. The highest BCUT2D eigenvalue weighted by Crippen LogP contribution is 2.36. The van der Waals surface area contributed by atoms with Crippen molar-refractivity contribution in [1.82, 2.24) is 0 Å². The Morgan fingerprint density at radius 1 is 0.966 bits per heavy atom. The maximum Gasteiger partial charge on any atom is 0.339 e. The lowest BCUT2D eigenvalue weighted by atomic mass is 10.00. The molecule has 0 atom stereocenters. The summed E-state index contributed by atoms with van der Waals surface area (Å²) >= 11 is 7.12. The normalized spacial score (nSPS) is 10.8. The topological polar surface area (TPSA) is 66.4 Å². The Morgan fingerprint density at radius 2 is 1.66 bits per heavy atom. The third kappa shape index (κ3) is 3.62. The SMILES string of the molecule is Cc1ccc(C(=O)Nc2scc(-c3ccc(Cl)cc3)c2C(=O)O)c2ccccc12. The van der Waals surface area contributed by atoms with Crippen LogP contribution in [0.5, 0.6) is 0 Å². The lowest BCUT2D eigenvalue weighted by molar-refractivity contribution is 0.0699. The summed E-state index contributed by atoms with van der Waals surface area (Å²) in [6, 6.07) is 18.3. The molecule has 1 aromatic heterocycles. The average molecular weight is 422 g/mol. The van der Waals surface area contributed by atoms with Crippen molar-refractivity contribution in [3.8, 4) is 11.1 Å². The predicted molar refractivity (Wildman–Crippen MR) is 118 cm³/mol. The molecule has 29 heavy (non-hydrogen) atoms. The molecule has 0 spiro atoms. The molecule has 2 N–H and O–H groups in total. The summed E-state index contributed by atoms with van der Waals surface area (Å²) in [5.74, 6) is -1.44. The van der Waals surface area contributed by atoms with Crippen molar-refractivity contribution >= 4 is 50.6 Å². The molecule has 0 aliphatic carbocycles. The Morgan fingerprint density at radius 3 is 2.34 bits per heavy atom. The molecule has 0 unspecified atom stereocenters. The van der Waals surface area contributed by atoms with Gasteiger partial charge in [-0.25, -0.2) is 4.79 Å². The largest absolute Gasteiger partial charge is 0.478 e. The zero-order valence-electron chi connectivity index (χ0n) is 15.4. The van der Waals surface area contributed by atoms with Gasteiger partial charge in [0.15, 0.2) is 0 Å². The number of aryl methyl sites for hydroxylation is 1. The van der Waals surface area contributed by atoms with E-state index in [0.29, 0.717) is 21.2 Å². The maximum absolute atomic E-state index is 13.0. The van der Waals surface area contributed by atoms with Crippen LogP contribution in [-0.2, 0) is 0 Å². The maximum atomic E-state index is 13.0. The van der Waals surface area contributed by atoms with E-state index in [9.17, 15) is 14.7 Å². The lowest BCUT2D eigenvalue weighted by Gasteiger charge is -2.10. The van der Waals surface area contributed by atoms with Gasteiger partial charge >= 0.3 is 5.97 Å². The van der Waals surface area contributed by atoms with Crippen molar-refractivity contribution in [2.45, 2.75) is 6.92 Å². The van der Waals surface area contributed by atoms with E-state index in [-0.39, 0.29) is 11.5 Å². The number of carboxylic acid groups (broad SMARTS) is 1. The second-order valence-electron chi connectivity index (χ2n) is 6.60. The Kier molecular flexibility index (Phi) is 5.09. The summed E-state index contributed by atoms with van der Waals surface area (Å²) in [6.45, 7) is 1.99. The van der Waals surface area contributed by atoms with Crippen LogP contribution in [0, 0.1) is 6.92 Å². The zero-order valence-corrected chi connectivity index (χ0v) is 17.0. The number of benzene rings is 3. The molecule has 0 fully saturated rings. The van der Waals surface area contributed by atoms with Crippen LogP contribution in [0.2, 0.25) is 5.02 Å². The minimum absolute atomic E-state index is 0.0714. The van der Waals surface area contributed by atoms with E-state index in [0.717, 1.165) is 21.9 Å². The van der Waals surface area contributed by atoms with Crippen LogP contribution >= 0.6 is 22.9 Å². The van der Waals surface area contributed by atoms with Gasteiger partial charge < -0.3 is 10.4 Å². The van der Waals surface area contributed by atoms with Gasteiger partial charge in [-0.05, 0) is 47.0 Å². The summed E-state index contributed by atoms with van der Waals surface area (Å²) in [6.07, 6.45) is 0. The number of halogens is 1. The van der Waals surface area contributed by atoms with Crippen molar-refractivity contribution in [2.24, 2.45) is 0 Å². The monoisotopic (exact) mass is 421 g/mol. The van der Waals surface area contributed by atoms with Gasteiger partial charge in [-0.3, -0.25) is 4.79 Å². The minimum Gasteiger partial charge on any atom is -0.478 e. The number of anilines is 1. The number of carbonyl (C=O) groups excluding carboxylic acids is 1. The molecule has 144 valence electrons. The summed E-state index contributed by atoms with van der Waals surface area (Å²) in [5.41, 5.74) is 2.92. The van der Waals surface area contributed by atoms with Crippen LogP contribution in [0.15, 0.2) is 66.0 Å². The highest BCUT2D eigenvalue weighted by Gasteiger charge is 2.22. The van der Waals surface area contributed by atoms with Gasteiger partial charge in [-0.2, -0.15) is 0 Å². The molecule has 0 aliphatic heterocycles. The molecule has 1 heterocycles. The van der Waals surface area contributed by atoms with Gasteiger partial charge in [-0.1, -0.05) is 54.1 Å². The fraction of sp³-hybridized carbons (Fsp3) is 0.0435. The standard InChI is InChI=1S/C23H16ClNO3S/c1-13-6-11-18(17-5-3-2-4-16(13)17)21(26)25-22-20(23(27)28)19(12-29-22)14-7-9-15(24)10-8-14/h2-12H,1H3,(H,25,26)(H,27,28). The number of carboxylic acids is 1. The second-order valence-corrected chi connectivity index (χ2v) is 7.91. The van der Waals surface area contributed by atoms with Crippen molar-refractivity contribution in [1.29, 1.82) is 0 Å². The fourth-order valence-electron chi connectivity index (χ4n) is 3.32. The van der Waals surface area contributed by atoms with Crippen molar-refractivity contribution in [3.63, 3.8) is 0 Å². The first-order chi connectivity index (χ1) is 14.0. The van der Waals surface area contributed by atoms with Crippen LogP contribution in [0.25, 0.3) is 21.9 Å². The molecule has 3 aromatic carbocycles. The van der Waals surface area contributed by atoms with E-state index in [1.165, 1.54) is 11.3 Å². The number of fused-ring (bicyclic) bond motifs is 1. The molecule has 0 bridgehead atoms. The number of aromatic carboxylic acids is 1. The predicted octanol–water partition coefficient (Wildman–Crippen LogP) is 6.48. The summed E-state index contributed by atoms with van der Waals surface area (Å²) in [7, 11) is 0. The first-order valence-electron chi connectivity index (χ1n) is 8.86. The molecule has 0 saturated heterocycles. The fourth-order valence-corrected chi connectivity index (χ4v) is 4.40. The van der Waals surface area contributed by atoms with Crippen LogP contribution in [0.4, 0.5) is 5.00 Å². The van der Waals surface area contributed by atoms with Crippen LogP contribution in [0.3, 0.4) is 0 Å². The van der Waals surface area contributed by atoms with E-state index in [1.807, 2.05) is 37.3 Å². The Labute approximate surface area is 176 Å². The smallest absolute Gasteiger partial charge is 0.339 e. The molecule has 0 saturated carbocycles. The van der Waals surface area contributed by atoms with Crippen molar-refractivity contribution < 1.29 is 14.7 Å². The van der Waals surface area contributed by atoms with Gasteiger partial charge in [-0.15, -0.1) is 11.3 Å². The van der Waals surface area contributed by atoms with Crippen LogP contribution in [-0.4, -0.2) is 17.0 Å². The van der Waals surface area contributed by atoms with E-state index >= 15 is 0 Å². The number of nitrogens with one attached hydrogen (secondary N) is 1. The van der Waals surface area contributed by atoms with Crippen molar-refractivity contribution in [3.05, 3.63) is 87.8 Å². The number of hydrogen-bond donors (Lipinski definition) is 2. The number of hydrogen-bond acceptors (Lipinski definition) is 3. The summed E-state index contributed by atoms with van der Waals surface area (Å²) < 4.78 is 0. The molecule has 4 nitrogen and oxygen atoms in total. The molecule has 4 rings (SSSR count). The first-order valence-corrected chi connectivity index (χ1v) is 10.1. The highest BCUT2D eigenvalue weighted by atomic mass is 35.5. The molecular formula is C23H16ClNO3S. The zero-order chi connectivity index (χ0) is 20.5. The second kappa shape index (κ2) is 7.70. The molecule has 6 heteroatoms. The quantitative estimate of drug-likeness (QED) is 0.396. The average Bonchev–Trinajstić information content (AvgIpc) is 3.12. The van der Waals surface area contributed by atoms with Gasteiger partial charge in [0, 0.05) is 21.5 Å². The number of rotatable bonds is 4. The molecule has 0 aliphatic rings. The number of carbonyl (C=O) groups is 2. The summed E-state index contributed by atoms with van der Waals surface area (Å²) in [5, 5.41) is 17.0. The van der Waals surface area contributed by atoms with Crippen molar-refractivity contribution in [2.75, 3.05) is 5.32 Å². The Hall–Kier alpha value is -3.15. The van der Waals surface area contributed by atoms with E-state index < -0.39 is 5.97 Å².